The lowest BCUT2D eigenvalue weighted by molar-refractivity contribution is -0.150. The SMILES string of the molecule is CC(C)OCCOC(=O)C1NCCCC1C. The Balaban J connectivity index is 2.18. The van der Waals surface area contributed by atoms with E-state index in [1.807, 2.05) is 13.8 Å². The largest absolute Gasteiger partial charge is 0.462 e. The molecule has 1 heterocycles. The zero-order valence-corrected chi connectivity index (χ0v) is 10.5. The molecule has 2 unspecified atom stereocenters. The topological polar surface area (TPSA) is 47.6 Å². The number of esters is 1. The minimum absolute atomic E-state index is 0.132. The molecule has 4 nitrogen and oxygen atoms in total. The number of nitrogens with one attached hydrogen (secondary N) is 1. The van der Waals surface area contributed by atoms with Gasteiger partial charge in [0.25, 0.3) is 0 Å². The Morgan fingerprint density at radius 1 is 1.44 bits per heavy atom. The summed E-state index contributed by atoms with van der Waals surface area (Å²) in [6.07, 6.45) is 2.42. The molecule has 16 heavy (non-hydrogen) atoms. The average Bonchev–Trinajstić information content (AvgIpc) is 2.24. The monoisotopic (exact) mass is 229 g/mol. The van der Waals surface area contributed by atoms with E-state index in [2.05, 4.69) is 12.2 Å². The van der Waals surface area contributed by atoms with Crippen molar-refractivity contribution in [2.45, 2.75) is 45.8 Å². The Bertz CT molecular complexity index is 218. The zero-order chi connectivity index (χ0) is 12.0. The van der Waals surface area contributed by atoms with Gasteiger partial charge in [-0.05, 0) is 39.2 Å². The molecular weight excluding hydrogens is 206 g/mol. The van der Waals surface area contributed by atoms with Crippen molar-refractivity contribution in [1.82, 2.24) is 5.32 Å². The summed E-state index contributed by atoms with van der Waals surface area (Å²) in [5.74, 6) is 0.229. The lowest BCUT2D eigenvalue weighted by Gasteiger charge is -2.28. The number of carbonyl (C=O) groups is 1. The number of rotatable bonds is 5. The second-order valence-corrected chi connectivity index (χ2v) is 4.64. The summed E-state index contributed by atoms with van der Waals surface area (Å²) in [5, 5.41) is 3.20. The molecule has 0 radical (unpaired) electrons. The first-order valence-corrected chi connectivity index (χ1v) is 6.13. The van der Waals surface area contributed by atoms with Crippen LogP contribution in [0, 0.1) is 5.92 Å². The normalized spacial score (nSPS) is 25.8. The van der Waals surface area contributed by atoms with Crippen molar-refractivity contribution in [3.8, 4) is 0 Å². The van der Waals surface area contributed by atoms with Gasteiger partial charge in [-0.15, -0.1) is 0 Å². The van der Waals surface area contributed by atoms with E-state index in [1.54, 1.807) is 0 Å². The van der Waals surface area contributed by atoms with Gasteiger partial charge in [0, 0.05) is 0 Å². The maximum absolute atomic E-state index is 11.7. The molecular formula is C12H23NO3. The smallest absolute Gasteiger partial charge is 0.323 e. The number of hydrogen-bond acceptors (Lipinski definition) is 4. The second kappa shape index (κ2) is 6.86. The van der Waals surface area contributed by atoms with Crippen molar-refractivity contribution < 1.29 is 14.3 Å². The standard InChI is InChI=1S/C12H23NO3/c1-9(2)15-7-8-16-12(14)11-10(3)5-4-6-13-11/h9-11,13H,4-8H2,1-3H3. The average molecular weight is 229 g/mol. The molecule has 1 N–H and O–H groups in total. The fourth-order valence-electron chi connectivity index (χ4n) is 1.88. The van der Waals surface area contributed by atoms with Crippen molar-refractivity contribution in [3.05, 3.63) is 0 Å². The molecule has 2 atom stereocenters. The Morgan fingerprint density at radius 3 is 2.81 bits per heavy atom. The van der Waals surface area contributed by atoms with Gasteiger partial charge in [0.05, 0.1) is 12.7 Å². The molecule has 0 aromatic heterocycles. The summed E-state index contributed by atoms with van der Waals surface area (Å²) < 4.78 is 10.5. The van der Waals surface area contributed by atoms with Crippen LogP contribution in [0.25, 0.3) is 0 Å². The van der Waals surface area contributed by atoms with Gasteiger partial charge in [0.1, 0.15) is 12.6 Å². The van der Waals surface area contributed by atoms with Crippen LogP contribution in [0.4, 0.5) is 0 Å². The molecule has 1 aliphatic rings. The zero-order valence-electron chi connectivity index (χ0n) is 10.5. The molecule has 0 bridgehead atoms. The van der Waals surface area contributed by atoms with Crippen molar-refractivity contribution >= 4 is 5.97 Å². The van der Waals surface area contributed by atoms with E-state index in [9.17, 15) is 4.79 Å². The first-order chi connectivity index (χ1) is 7.61. The molecule has 1 rings (SSSR count). The summed E-state index contributed by atoms with van der Waals surface area (Å²) in [4.78, 5) is 11.7. The van der Waals surface area contributed by atoms with Crippen LogP contribution in [-0.2, 0) is 14.3 Å². The van der Waals surface area contributed by atoms with Gasteiger partial charge in [-0.3, -0.25) is 4.79 Å². The molecule has 0 spiro atoms. The molecule has 1 fully saturated rings. The molecule has 94 valence electrons. The molecule has 4 heteroatoms. The van der Waals surface area contributed by atoms with Gasteiger partial charge >= 0.3 is 5.97 Å². The van der Waals surface area contributed by atoms with Crippen LogP contribution in [0.3, 0.4) is 0 Å². The van der Waals surface area contributed by atoms with Gasteiger partial charge in [-0.25, -0.2) is 0 Å². The number of hydrogen-bond donors (Lipinski definition) is 1. The maximum Gasteiger partial charge on any atom is 0.323 e. The van der Waals surface area contributed by atoms with Gasteiger partial charge < -0.3 is 14.8 Å². The third-order valence-electron chi connectivity index (χ3n) is 2.80. The predicted octanol–water partition coefficient (Wildman–Crippen LogP) is 1.34. The van der Waals surface area contributed by atoms with Crippen LogP contribution < -0.4 is 5.32 Å². The summed E-state index contributed by atoms with van der Waals surface area (Å²) in [6.45, 7) is 7.75. The minimum Gasteiger partial charge on any atom is -0.462 e. The predicted molar refractivity (Wildman–Crippen MR) is 62.2 cm³/mol. The summed E-state index contributed by atoms with van der Waals surface area (Å²) in [6, 6.07) is -0.132. The van der Waals surface area contributed by atoms with E-state index >= 15 is 0 Å². The van der Waals surface area contributed by atoms with E-state index in [0.717, 1.165) is 19.4 Å². The number of piperidine rings is 1. The van der Waals surface area contributed by atoms with Crippen LogP contribution in [0.2, 0.25) is 0 Å². The Hall–Kier alpha value is -0.610. The minimum atomic E-state index is -0.139. The van der Waals surface area contributed by atoms with Gasteiger partial charge in [-0.1, -0.05) is 6.92 Å². The third-order valence-corrected chi connectivity index (χ3v) is 2.80. The van der Waals surface area contributed by atoms with E-state index < -0.39 is 0 Å². The molecule has 0 aromatic rings. The summed E-state index contributed by atoms with van der Waals surface area (Å²) in [5.41, 5.74) is 0. The van der Waals surface area contributed by atoms with Gasteiger partial charge in [0.15, 0.2) is 0 Å². The molecule has 1 aliphatic heterocycles. The van der Waals surface area contributed by atoms with Crippen molar-refractivity contribution in [3.63, 3.8) is 0 Å². The van der Waals surface area contributed by atoms with E-state index in [0.29, 0.717) is 19.1 Å². The summed E-state index contributed by atoms with van der Waals surface area (Å²) >= 11 is 0. The lowest BCUT2D eigenvalue weighted by Crippen LogP contribution is -2.46. The van der Waals surface area contributed by atoms with E-state index in [4.69, 9.17) is 9.47 Å². The fraction of sp³-hybridized carbons (Fsp3) is 0.917. The van der Waals surface area contributed by atoms with Crippen molar-refractivity contribution in [2.24, 2.45) is 5.92 Å². The van der Waals surface area contributed by atoms with Gasteiger partial charge in [-0.2, -0.15) is 0 Å². The first kappa shape index (κ1) is 13.5. The highest BCUT2D eigenvalue weighted by molar-refractivity contribution is 5.76. The highest BCUT2D eigenvalue weighted by Crippen LogP contribution is 2.16. The Kier molecular flexibility index (Phi) is 5.77. The Labute approximate surface area is 97.7 Å². The molecule has 0 aromatic carbocycles. The fourth-order valence-corrected chi connectivity index (χ4v) is 1.88. The third kappa shape index (κ3) is 4.49. The Morgan fingerprint density at radius 2 is 2.19 bits per heavy atom. The molecule has 0 saturated carbocycles. The number of carbonyl (C=O) groups excluding carboxylic acids is 1. The highest BCUT2D eigenvalue weighted by Gasteiger charge is 2.28. The molecule has 0 aliphatic carbocycles. The molecule has 0 amide bonds. The van der Waals surface area contributed by atoms with E-state index in [1.165, 1.54) is 0 Å². The van der Waals surface area contributed by atoms with Gasteiger partial charge in [0.2, 0.25) is 0 Å². The van der Waals surface area contributed by atoms with Crippen LogP contribution in [-0.4, -0.2) is 37.9 Å². The summed E-state index contributed by atoms with van der Waals surface area (Å²) in [7, 11) is 0. The first-order valence-electron chi connectivity index (χ1n) is 6.13. The molecule has 1 saturated heterocycles. The highest BCUT2D eigenvalue weighted by atomic mass is 16.6. The van der Waals surface area contributed by atoms with Crippen LogP contribution in [0.5, 0.6) is 0 Å². The van der Waals surface area contributed by atoms with E-state index in [-0.39, 0.29) is 18.1 Å². The lowest BCUT2D eigenvalue weighted by atomic mass is 9.93. The van der Waals surface area contributed by atoms with Crippen molar-refractivity contribution in [1.29, 1.82) is 0 Å². The van der Waals surface area contributed by atoms with Crippen LogP contribution in [0.1, 0.15) is 33.6 Å². The van der Waals surface area contributed by atoms with Crippen LogP contribution >= 0.6 is 0 Å². The maximum atomic E-state index is 11.7. The quantitative estimate of drug-likeness (QED) is 0.571. The van der Waals surface area contributed by atoms with Crippen LogP contribution in [0.15, 0.2) is 0 Å². The van der Waals surface area contributed by atoms with Crippen molar-refractivity contribution in [2.75, 3.05) is 19.8 Å². The number of ether oxygens (including phenoxy) is 2. The second-order valence-electron chi connectivity index (χ2n) is 4.64.